The highest BCUT2D eigenvalue weighted by atomic mass is 32.1. The normalized spacial score (nSPS) is 22.6. The van der Waals surface area contributed by atoms with Gasteiger partial charge >= 0.3 is 0 Å². The number of morpholine rings is 1. The van der Waals surface area contributed by atoms with Crippen LogP contribution in [0.4, 0.5) is 5.82 Å². The highest BCUT2D eigenvalue weighted by molar-refractivity contribution is 7.15. The molecule has 0 amide bonds. The van der Waals surface area contributed by atoms with E-state index in [0.29, 0.717) is 0 Å². The number of ether oxygens (including phenoxy) is 1. The van der Waals surface area contributed by atoms with Gasteiger partial charge in [0.05, 0.1) is 17.4 Å². The highest BCUT2D eigenvalue weighted by Crippen LogP contribution is 2.30. The van der Waals surface area contributed by atoms with Crippen LogP contribution in [0.5, 0.6) is 0 Å². The fraction of sp³-hybridized carbons (Fsp3) is 0.643. The quantitative estimate of drug-likeness (QED) is 0.941. The molecule has 0 radical (unpaired) electrons. The molecule has 1 unspecified atom stereocenters. The van der Waals surface area contributed by atoms with Gasteiger partial charge in [0, 0.05) is 31.2 Å². The zero-order valence-electron chi connectivity index (χ0n) is 12.5. The number of fused-ring (bicyclic) bond motifs is 1. The van der Waals surface area contributed by atoms with Gasteiger partial charge in [-0.2, -0.15) is 0 Å². The van der Waals surface area contributed by atoms with E-state index in [2.05, 4.69) is 47.0 Å². The number of imidazole rings is 1. The molecule has 1 aliphatic rings. The number of nitrogens with one attached hydrogen (secondary N) is 1. The zero-order chi connectivity index (χ0) is 14.3. The first kappa shape index (κ1) is 13.9. The molecule has 1 fully saturated rings. The molecule has 1 saturated heterocycles. The average Bonchev–Trinajstić information content (AvgIpc) is 2.89. The minimum atomic E-state index is -0.133. The summed E-state index contributed by atoms with van der Waals surface area (Å²) >= 11 is 1.68. The minimum Gasteiger partial charge on any atom is -0.369 e. The fourth-order valence-electron chi connectivity index (χ4n) is 3.02. The van der Waals surface area contributed by atoms with Gasteiger partial charge in [0.25, 0.3) is 0 Å². The summed E-state index contributed by atoms with van der Waals surface area (Å²) in [6, 6.07) is 0. The summed E-state index contributed by atoms with van der Waals surface area (Å²) in [5.41, 5.74) is 1.10. The van der Waals surface area contributed by atoms with Crippen molar-refractivity contribution in [2.75, 3.05) is 25.0 Å². The van der Waals surface area contributed by atoms with Crippen molar-refractivity contribution in [2.24, 2.45) is 0 Å². The molecule has 0 saturated carbocycles. The van der Waals surface area contributed by atoms with Crippen LogP contribution in [-0.4, -0.2) is 41.2 Å². The lowest BCUT2D eigenvalue weighted by molar-refractivity contribution is -0.0751. The van der Waals surface area contributed by atoms with Gasteiger partial charge in [-0.1, -0.05) is 0 Å². The number of rotatable bonds is 3. The van der Waals surface area contributed by atoms with Crippen molar-refractivity contribution in [3.05, 3.63) is 17.3 Å². The highest BCUT2D eigenvalue weighted by Gasteiger charge is 2.33. The Labute approximate surface area is 123 Å². The van der Waals surface area contributed by atoms with Crippen LogP contribution in [0.1, 0.15) is 26.5 Å². The largest absolute Gasteiger partial charge is 0.369 e. The lowest BCUT2D eigenvalue weighted by Crippen LogP contribution is -2.52. The summed E-state index contributed by atoms with van der Waals surface area (Å²) in [5.74, 6) is 1.09. The molecule has 110 valence electrons. The second-order valence-corrected chi connectivity index (χ2v) is 6.91. The topological polar surface area (TPSA) is 41.8 Å². The fourth-order valence-corrected chi connectivity index (χ4v) is 3.75. The maximum absolute atomic E-state index is 5.99. The van der Waals surface area contributed by atoms with Crippen LogP contribution < -0.4 is 10.2 Å². The Morgan fingerprint density at radius 1 is 1.55 bits per heavy atom. The second kappa shape index (κ2) is 5.02. The van der Waals surface area contributed by atoms with E-state index >= 15 is 0 Å². The van der Waals surface area contributed by atoms with Crippen molar-refractivity contribution in [3.63, 3.8) is 0 Å². The molecule has 0 spiro atoms. The maximum Gasteiger partial charge on any atom is 0.195 e. The van der Waals surface area contributed by atoms with Gasteiger partial charge in [-0.05, 0) is 27.8 Å². The van der Waals surface area contributed by atoms with E-state index in [1.54, 1.807) is 11.3 Å². The summed E-state index contributed by atoms with van der Waals surface area (Å²) in [4.78, 5) is 8.25. The van der Waals surface area contributed by atoms with Gasteiger partial charge in [-0.25, -0.2) is 4.98 Å². The van der Waals surface area contributed by atoms with Gasteiger partial charge in [0.1, 0.15) is 0 Å². The van der Waals surface area contributed by atoms with Gasteiger partial charge < -0.3 is 15.0 Å². The first-order chi connectivity index (χ1) is 9.50. The molecular weight excluding hydrogens is 272 g/mol. The summed E-state index contributed by atoms with van der Waals surface area (Å²) in [6.45, 7) is 9.00. The number of nitrogens with zero attached hydrogens (tertiary/aromatic N) is 3. The molecule has 1 atom stereocenters. The third-order valence-electron chi connectivity index (χ3n) is 3.55. The average molecular weight is 294 g/mol. The molecule has 3 rings (SSSR count). The van der Waals surface area contributed by atoms with Crippen LogP contribution in [0, 0.1) is 0 Å². The predicted molar refractivity (Wildman–Crippen MR) is 82.7 cm³/mol. The monoisotopic (exact) mass is 294 g/mol. The lowest BCUT2D eigenvalue weighted by Gasteiger charge is -2.42. The molecule has 1 aliphatic heterocycles. The smallest absolute Gasteiger partial charge is 0.195 e. The third-order valence-corrected chi connectivity index (χ3v) is 4.31. The van der Waals surface area contributed by atoms with Crippen molar-refractivity contribution >= 4 is 22.1 Å². The van der Waals surface area contributed by atoms with E-state index in [-0.39, 0.29) is 11.7 Å². The Morgan fingerprint density at radius 2 is 2.35 bits per heavy atom. The van der Waals surface area contributed by atoms with E-state index in [9.17, 15) is 0 Å². The predicted octanol–water partition coefficient (Wildman–Crippen LogP) is 2.12. The van der Waals surface area contributed by atoms with Gasteiger partial charge in [-0.15, -0.1) is 11.3 Å². The van der Waals surface area contributed by atoms with E-state index in [1.807, 2.05) is 7.05 Å². The Morgan fingerprint density at radius 3 is 3.05 bits per heavy atom. The Balaban J connectivity index is 2.00. The van der Waals surface area contributed by atoms with Crippen LogP contribution >= 0.6 is 11.3 Å². The van der Waals surface area contributed by atoms with Crippen molar-refractivity contribution in [1.82, 2.24) is 14.7 Å². The molecule has 0 aromatic carbocycles. The summed E-state index contributed by atoms with van der Waals surface area (Å²) in [6.07, 6.45) is 2.32. The molecule has 2 aromatic heterocycles. The third kappa shape index (κ3) is 2.43. The SMILES string of the molecule is CNCc1c(N2CC(C)OC(C)(C)C2)nc2sccn12. The Hall–Kier alpha value is -1.11. The maximum atomic E-state index is 5.99. The molecule has 2 aromatic rings. The van der Waals surface area contributed by atoms with Crippen LogP contribution in [-0.2, 0) is 11.3 Å². The van der Waals surface area contributed by atoms with Gasteiger partial charge in [-0.3, -0.25) is 4.40 Å². The Bertz CT molecular complexity index is 603. The van der Waals surface area contributed by atoms with Gasteiger partial charge in [0.15, 0.2) is 10.8 Å². The van der Waals surface area contributed by atoms with E-state index in [0.717, 1.165) is 30.4 Å². The van der Waals surface area contributed by atoms with Crippen LogP contribution in [0.3, 0.4) is 0 Å². The molecule has 5 nitrogen and oxygen atoms in total. The van der Waals surface area contributed by atoms with Crippen molar-refractivity contribution in [1.29, 1.82) is 0 Å². The van der Waals surface area contributed by atoms with E-state index in [1.165, 1.54) is 5.69 Å². The molecule has 6 heteroatoms. The summed E-state index contributed by atoms with van der Waals surface area (Å²) in [7, 11) is 1.97. The van der Waals surface area contributed by atoms with Crippen LogP contribution in [0.2, 0.25) is 0 Å². The van der Waals surface area contributed by atoms with Crippen LogP contribution in [0.15, 0.2) is 11.6 Å². The molecular formula is C14H22N4OS. The number of hydrogen-bond acceptors (Lipinski definition) is 5. The first-order valence-electron chi connectivity index (χ1n) is 7.02. The number of aromatic nitrogens is 2. The summed E-state index contributed by atoms with van der Waals surface area (Å²) in [5, 5.41) is 5.33. The minimum absolute atomic E-state index is 0.133. The van der Waals surface area contributed by atoms with Crippen molar-refractivity contribution in [3.8, 4) is 0 Å². The Kier molecular flexibility index (Phi) is 3.48. The molecule has 0 aliphatic carbocycles. The lowest BCUT2D eigenvalue weighted by atomic mass is 10.1. The van der Waals surface area contributed by atoms with E-state index in [4.69, 9.17) is 9.72 Å². The molecule has 0 bridgehead atoms. The zero-order valence-corrected chi connectivity index (χ0v) is 13.3. The molecule has 20 heavy (non-hydrogen) atoms. The van der Waals surface area contributed by atoms with E-state index < -0.39 is 0 Å². The molecule has 3 heterocycles. The molecule has 1 N–H and O–H groups in total. The second-order valence-electron chi connectivity index (χ2n) is 6.04. The number of hydrogen-bond donors (Lipinski definition) is 1. The standard InChI is InChI=1S/C14H22N4OS/c1-10-8-17(9-14(2,3)19-10)12-11(7-15-4)18-5-6-20-13(18)16-12/h5-6,10,15H,7-9H2,1-4H3. The first-order valence-corrected chi connectivity index (χ1v) is 7.90. The van der Waals surface area contributed by atoms with Crippen molar-refractivity contribution < 1.29 is 4.74 Å². The van der Waals surface area contributed by atoms with Crippen LogP contribution in [0.25, 0.3) is 4.96 Å². The number of thiazole rings is 1. The van der Waals surface area contributed by atoms with Gasteiger partial charge in [0.2, 0.25) is 0 Å². The summed E-state index contributed by atoms with van der Waals surface area (Å²) < 4.78 is 8.18. The number of anilines is 1. The van der Waals surface area contributed by atoms with Crippen molar-refractivity contribution in [2.45, 2.75) is 39.0 Å².